The minimum Gasteiger partial charge on any atom is -0.389 e. The van der Waals surface area contributed by atoms with Gasteiger partial charge in [0, 0.05) is 6.04 Å². The maximum absolute atomic E-state index is 10.3. The van der Waals surface area contributed by atoms with Gasteiger partial charge in [0.2, 0.25) is 0 Å². The molecular formula is C12H25NO2. The Morgan fingerprint density at radius 2 is 1.80 bits per heavy atom. The quantitative estimate of drug-likeness (QED) is 0.719. The number of aliphatic hydroxyl groups is 1. The van der Waals surface area contributed by atoms with Crippen molar-refractivity contribution in [3.63, 3.8) is 0 Å². The lowest BCUT2D eigenvalue weighted by molar-refractivity contribution is -0.177. The van der Waals surface area contributed by atoms with Crippen molar-refractivity contribution in [2.45, 2.75) is 58.5 Å². The maximum atomic E-state index is 10.3. The van der Waals surface area contributed by atoms with Gasteiger partial charge in [-0.15, -0.1) is 0 Å². The fraction of sp³-hybridized carbons (Fsp3) is 1.00. The van der Waals surface area contributed by atoms with Gasteiger partial charge in [-0.05, 0) is 32.9 Å². The molecule has 0 aromatic rings. The van der Waals surface area contributed by atoms with E-state index in [1.165, 1.54) is 0 Å². The van der Waals surface area contributed by atoms with Crippen molar-refractivity contribution in [1.29, 1.82) is 0 Å². The molecule has 3 nitrogen and oxygen atoms in total. The van der Waals surface area contributed by atoms with Gasteiger partial charge >= 0.3 is 0 Å². The van der Waals surface area contributed by atoms with E-state index >= 15 is 0 Å². The molecule has 1 N–H and O–H groups in total. The van der Waals surface area contributed by atoms with E-state index in [0.717, 1.165) is 6.42 Å². The first-order chi connectivity index (χ1) is 6.73. The topological polar surface area (TPSA) is 32.7 Å². The lowest BCUT2D eigenvalue weighted by Crippen LogP contribution is -2.57. The smallest absolute Gasteiger partial charge is 0.0962 e. The molecule has 1 rings (SSSR count). The van der Waals surface area contributed by atoms with Crippen LogP contribution in [0.25, 0.3) is 0 Å². The number of nitrogens with zero attached hydrogens (tertiary/aromatic N) is 1. The van der Waals surface area contributed by atoms with Gasteiger partial charge in [0.05, 0.1) is 18.3 Å². The van der Waals surface area contributed by atoms with Gasteiger partial charge in [-0.1, -0.05) is 20.8 Å². The fourth-order valence-corrected chi connectivity index (χ4v) is 2.30. The molecule has 0 aromatic carbocycles. The van der Waals surface area contributed by atoms with E-state index in [1.54, 1.807) is 0 Å². The van der Waals surface area contributed by atoms with Gasteiger partial charge < -0.3 is 14.7 Å². The number of rotatable bonds is 1. The van der Waals surface area contributed by atoms with Gasteiger partial charge in [0.1, 0.15) is 0 Å². The zero-order valence-electron chi connectivity index (χ0n) is 10.8. The highest BCUT2D eigenvalue weighted by molar-refractivity contribution is 4.93. The lowest BCUT2D eigenvalue weighted by atomic mass is 9.80. The van der Waals surface area contributed by atoms with Gasteiger partial charge in [-0.3, -0.25) is 0 Å². The maximum Gasteiger partial charge on any atom is 0.0962 e. The number of ether oxygens (including phenoxy) is 1. The molecule has 4 atom stereocenters. The molecule has 0 spiro atoms. The second-order valence-electron chi connectivity index (χ2n) is 5.99. The fourth-order valence-electron chi connectivity index (χ4n) is 2.30. The number of hydrogen-bond donors (Lipinski definition) is 1. The largest absolute Gasteiger partial charge is 0.389 e. The van der Waals surface area contributed by atoms with Crippen LogP contribution in [0, 0.1) is 5.41 Å². The Balaban J connectivity index is 2.81. The third-order valence-corrected chi connectivity index (χ3v) is 3.17. The molecule has 1 fully saturated rings. The van der Waals surface area contributed by atoms with Crippen molar-refractivity contribution in [3.8, 4) is 0 Å². The Labute approximate surface area is 93.4 Å². The summed E-state index contributed by atoms with van der Waals surface area (Å²) in [6.07, 6.45) is 0.663. The van der Waals surface area contributed by atoms with Gasteiger partial charge in [-0.2, -0.15) is 0 Å². The van der Waals surface area contributed by atoms with E-state index in [9.17, 15) is 5.11 Å². The van der Waals surface area contributed by atoms with Gasteiger partial charge in [0.15, 0.2) is 0 Å². The average molecular weight is 215 g/mol. The minimum absolute atomic E-state index is 0.0116. The summed E-state index contributed by atoms with van der Waals surface area (Å²) in [7, 11) is 4.04. The monoisotopic (exact) mass is 215 g/mol. The summed E-state index contributed by atoms with van der Waals surface area (Å²) < 4.78 is 5.87. The molecule has 0 amide bonds. The first kappa shape index (κ1) is 12.9. The molecule has 90 valence electrons. The third-order valence-electron chi connectivity index (χ3n) is 3.17. The molecule has 1 saturated heterocycles. The van der Waals surface area contributed by atoms with Crippen LogP contribution in [0.4, 0.5) is 0 Å². The Kier molecular flexibility index (Phi) is 3.80. The van der Waals surface area contributed by atoms with Crippen molar-refractivity contribution >= 4 is 0 Å². The molecule has 0 radical (unpaired) electrons. The highest BCUT2D eigenvalue weighted by Gasteiger charge is 2.42. The van der Waals surface area contributed by atoms with Crippen molar-refractivity contribution in [3.05, 3.63) is 0 Å². The number of hydrogen-bond acceptors (Lipinski definition) is 3. The van der Waals surface area contributed by atoms with Crippen molar-refractivity contribution in [2.24, 2.45) is 5.41 Å². The predicted molar refractivity (Wildman–Crippen MR) is 61.9 cm³/mol. The molecule has 0 aromatic heterocycles. The summed E-state index contributed by atoms with van der Waals surface area (Å²) >= 11 is 0. The van der Waals surface area contributed by atoms with E-state index < -0.39 is 6.10 Å². The molecule has 15 heavy (non-hydrogen) atoms. The molecule has 3 heteroatoms. The summed E-state index contributed by atoms with van der Waals surface area (Å²) in [5.74, 6) is 0. The Morgan fingerprint density at radius 1 is 1.27 bits per heavy atom. The summed E-state index contributed by atoms with van der Waals surface area (Å²) in [5, 5.41) is 10.3. The van der Waals surface area contributed by atoms with E-state index in [1.807, 2.05) is 14.1 Å². The van der Waals surface area contributed by atoms with Crippen LogP contribution in [0.2, 0.25) is 0 Å². The normalized spacial score (nSPS) is 38.4. The van der Waals surface area contributed by atoms with Crippen LogP contribution in [0.3, 0.4) is 0 Å². The molecule has 1 aliphatic heterocycles. The van der Waals surface area contributed by atoms with Crippen LogP contribution in [-0.4, -0.2) is 48.5 Å². The van der Waals surface area contributed by atoms with Crippen LogP contribution in [0.15, 0.2) is 0 Å². The first-order valence-corrected chi connectivity index (χ1v) is 5.73. The lowest BCUT2D eigenvalue weighted by Gasteiger charge is -2.46. The van der Waals surface area contributed by atoms with Gasteiger partial charge in [0.25, 0.3) is 0 Å². The van der Waals surface area contributed by atoms with E-state index in [-0.39, 0.29) is 23.7 Å². The highest BCUT2D eigenvalue weighted by atomic mass is 16.5. The zero-order valence-corrected chi connectivity index (χ0v) is 10.8. The standard InChI is InChI=1S/C12H25NO2/c1-8-7-9(13(5)6)10(14)11(15-8)12(2,3)4/h8-11,14H,7H2,1-6H3/t8-,9+,10-,11?/m1/s1. The SMILES string of the molecule is C[C@@H]1C[C@H](N(C)C)[C@@H](O)C(C(C)(C)C)O1. The zero-order chi connectivity index (χ0) is 11.8. The number of aliphatic hydroxyl groups excluding tert-OH is 1. The minimum atomic E-state index is -0.392. The molecule has 0 saturated carbocycles. The second-order valence-corrected chi connectivity index (χ2v) is 5.99. The Hall–Kier alpha value is -0.120. The third kappa shape index (κ3) is 2.92. The summed E-state index contributed by atoms with van der Waals surface area (Å²) in [4.78, 5) is 2.10. The Morgan fingerprint density at radius 3 is 2.20 bits per heavy atom. The van der Waals surface area contributed by atoms with Crippen LogP contribution in [0.5, 0.6) is 0 Å². The second kappa shape index (κ2) is 4.40. The van der Waals surface area contributed by atoms with Crippen molar-refractivity contribution in [2.75, 3.05) is 14.1 Å². The van der Waals surface area contributed by atoms with E-state index in [4.69, 9.17) is 4.74 Å². The highest BCUT2D eigenvalue weighted by Crippen LogP contribution is 2.33. The van der Waals surface area contributed by atoms with Gasteiger partial charge in [-0.25, -0.2) is 0 Å². The molecule has 0 bridgehead atoms. The number of likely N-dealkylation sites (N-methyl/N-ethyl adjacent to an activating group) is 1. The average Bonchev–Trinajstić information content (AvgIpc) is 2.06. The van der Waals surface area contributed by atoms with Crippen LogP contribution in [-0.2, 0) is 4.74 Å². The van der Waals surface area contributed by atoms with Crippen molar-refractivity contribution in [1.82, 2.24) is 4.90 Å². The van der Waals surface area contributed by atoms with E-state index in [0.29, 0.717) is 0 Å². The van der Waals surface area contributed by atoms with Crippen LogP contribution in [0.1, 0.15) is 34.1 Å². The van der Waals surface area contributed by atoms with Crippen LogP contribution < -0.4 is 0 Å². The Bertz CT molecular complexity index is 210. The predicted octanol–water partition coefficient (Wildman–Crippen LogP) is 1.50. The van der Waals surface area contributed by atoms with Crippen LogP contribution >= 0.6 is 0 Å². The molecule has 1 heterocycles. The molecule has 1 aliphatic rings. The summed E-state index contributed by atoms with van der Waals surface area (Å²) in [5.41, 5.74) is -0.0116. The molecule has 0 aliphatic carbocycles. The first-order valence-electron chi connectivity index (χ1n) is 5.73. The molecule has 1 unspecified atom stereocenters. The summed E-state index contributed by atoms with van der Waals surface area (Å²) in [6, 6.07) is 0.206. The van der Waals surface area contributed by atoms with Crippen molar-refractivity contribution < 1.29 is 9.84 Å². The molecular weight excluding hydrogens is 190 g/mol. The summed E-state index contributed by atoms with van der Waals surface area (Å²) in [6.45, 7) is 8.43. The van der Waals surface area contributed by atoms with E-state index in [2.05, 4.69) is 32.6 Å².